The van der Waals surface area contributed by atoms with E-state index in [4.69, 9.17) is 27.9 Å². The Hall–Kier alpha value is -3.71. The Kier molecular flexibility index (Phi) is 6.18. The number of rotatable bonds is 3. The van der Waals surface area contributed by atoms with Gasteiger partial charge in [-0.05, 0) is 24.8 Å². The Labute approximate surface area is 243 Å². The number of nitrogens with zero attached hydrogens (tertiary/aromatic N) is 1. The zero-order valence-corrected chi connectivity index (χ0v) is 22.6. The first kappa shape index (κ1) is 28.4. The molecule has 6 rings (SSSR count). The van der Waals surface area contributed by atoms with Crippen LogP contribution in [0.3, 0.4) is 0 Å². The van der Waals surface area contributed by atoms with Gasteiger partial charge in [0.1, 0.15) is 17.2 Å². The van der Waals surface area contributed by atoms with Crippen LogP contribution in [0.1, 0.15) is 24.3 Å². The summed E-state index contributed by atoms with van der Waals surface area (Å²) in [6.07, 6.45) is 0.876. The van der Waals surface area contributed by atoms with E-state index >= 15 is 0 Å². The van der Waals surface area contributed by atoms with Crippen LogP contribution in [0.15, 0.2) is 29.8 Å². The van der Waals surface area contributed by atoms with E-state index in [0.29, 0.717) is 0 Å². The molecule has 6 unspecified atom stereocenters. The molecule has 2 saturated heterocycles. The van der Waals surface area contributed by atoms with Crippen LogP contribution in [0.2, 0.25) is 0 Å². The summed E-state index contributed by atoms with van der Waals surface area (Å²) in [6.45, 7) is 0. The number of alkyl halides is 2. The third kappa shape index (κ3) is 3.34. The molecule has 2 N–H and O–H groups in total. The van der Waals surface area contributed by atoms with E-state index in [1.165, 1.54) is 25.3 Å². The Morgan fingerprint density at radius 3 is 2.14 bits per heavy atom. The topological polar surface area (TPSA) is 113 Å². The average Bonchev–Trinajstić information content (AvgIpc) is 3.33. The largest absolute Gasteiger partial charge is 0.508 e. The quantitative estimate of drug-likeness (QED) is 0.133. The lowest BCUT2D eigenvalue weighted by Crippen LogP contribution is -2.60. The van der Waals surface area contributed by atoms with Gasteiger partial charge in [0.05, 0.1) is 18.9 Å². The molecule has 2 aliphatic carbocycles. The van der Waals surface area contributed by atoms with Crippen molar-refractivity contribution >= 4 is 52.5 Å². The van der Waals surface area contributed by atoms with Gasteiger partial charge in [-0.15, -0.1) is 23.2 Å². The maximum atomic E-state index is 15.0. The van der Waals surface area contributed by atoms with Crippen molar-refractivity contribution < 1.29 is 51.0 Å². The number of carbonyl (C=O) groups excluding carboxylic acids is 4. The molecular weight excluding hydrogens is 614 g/mol. The van der Waals surface area contributed by atoms with Crippen molar-refractivity contribution in [3.05, 3.63) is 64.5 Å². The summed E-state index contributed by atoms with van der Waals surface area (Å²) in [5, 5.41) is 13.2. The standard InChI is InChI=1S/C27H17Cl2F5N2O6/c1-42-8-2-3-10(13(37)6-8)15-9-4-5-11-14(23(39)35-22(11)38)12(9)7-26(28)24(40)36(25(41)27(15,26)29)21-19(33)17(31)16(30)18(32)20(21)34/h2-4,6,11-12,14-15,37H,5,7H2,1H3,(H,35,38,39). The number of hydrogen-bond donors (Lipinski definition) is 2. The van der Waals surface area contributed by atoms with Crippen LogP contribution in [-0.2, 0) is 19.2 Å². The number of hydrogen-bond acceptors (Lipinski definition) is 6. The van der Waals surface area contributed by atoms with E-state index in [1.807, 2.05) is 0 Å². The van der Waals surface area contributed by atoms with E-state index in [-0.39, 0.29) is 28.2 Å². The Morgan fingerprint density at radius 2 is 1.55 bits per heavy atom. The highest BCUT2D eigenvalue weighted by Gasteiger charge is 2.77. The zero-order valence-electron chi connectivity index (χ0n) is 21.1. The van der Waals surface area contributed by atoms with Crippen LogP contribution in [-0.4, -0.2) is 45.6 Å². The highest BCUT2D eigenvalue weighted by atomic mass is 35.5. The zero-order chi connectivity index (χ0) is 30.6. The van der Waals surface area contributed by atoms with E-state index in [1.54, 1.807) is 0 Å². The van der Waals surface area contributed by atoms with Crippen LogP contribution in [0, 0.1) is 46.8 Å². The fraction of sp³-hybridized carbons (Fsp3) is 0.333. The summed E-state index contributed by atoms with van der Waals surface area (Å²) >= 11 is 13.9. The molecule has 1 saturated carbocycles. The molecule has 8 nitrogen and oxygen atoms in total. The van der Waals surface area contributed by atoms with Gasteiger partial charge < -0.3 is 9.84 Å². The molecule has 6 atom stereocenters. The highest BCUT2D eigenvalue weighted by Crippen LogP contribution is 2.66. The van der Waals surface area contributed by atoms with E-state index < -0.39 is 104 Å². The molecule has 4 aliphatic rings. The summed E-state index contributed by atoms with van der Waals surface area (Å²) in [6, 6.07) is 3.81. The highest BCUT2D eigenvalue weighted by molar-refractivity contribution is 6.58. The summed E-state index contributed by atoms with van der Waals surface area (Å²) in [7, 11) is 1.30. The Bertz CT molecular complexity index is 1660. The normalized spacial score (nSPS) is 31.9. The number of ether oxygens (including phenoxy) is 1. The molecule has 0 aromatic heterocycles. The van der Waals surface area contributed by atoms with E-state index in [9.17, 15) is 46.2 Å². The first-order chi connectivity index (χ1) is 19.7. The van der Waals surface area contributed by atoms with Gasteiger partial charge >= 0.3 is 0 Å². The molecule has 4 amide bonds. The number of benzene rings is 2. The van der Waals surface area contributed by atoms with Crippen LogP contribution in [0.5, 0.6) is 11.5 Å². The molecule has 2 aromatic rings. The molecule has 2 heterocycles. The number of amides is 4. The fourth-order valence-electron chi connectivity index (χ4n) is 6.72. The lowest BCUT2D eigenvalue weighted by atomic mass is 9.56. The van der Waals surface area contributed by atoms with Gasteiger partial charge in [-0.25, -0.2) is 26.9 Å². The first-order valence-corrected chi connectivity index (χ1v) is 13.2. The molecule has 0 bridgehead atoms. The van der Waals surface area contributed by atoms with Crippen molar-refractivity contribution in [1.29, 1.82) is 0 Å². The van der Waals surface area contributed by atoms with E-state index in [0.717, 1.165) is 6.07 Å². The third-order valence-corrected chi connectivity index (χ3v) is 10.0. The summed E-state index contributed by atoms with van der Waals surface area (Å²) in [5.74, 6) is -21.8. The minimum Gasteiger partial charge on any atom is -0.508 e. The molecule has 220 valence electrons. The third-order valence-electron chi connectivity index (χ3n) is 8.61. The molecule has 0 radical (unpaired) electrons. The van der Waals surface area contributed by atoms with Crippen LogP contribution >= 0.6 is 23.2 Å². The maximum Gasteiger partial charge on any atom is 0.258 e. The number of aromatic hydroxyl groups is 1. The maximum absolute atomic E-state index is 15.0. The second-order valence-corrected chi connectivity index (χ2v) is 11.7. The number of carbonyl (C=O) groups is 4. The minimum absolute atomic E-state index is 0.00671. The summed E-state index contributed by atoms with van der Waals surface area (Å²) in [5.41, 5.74) is -1.78. The number of allylic oxidation sites excluding steroid dienone is 2. The number of nitrogens with one attached hydrogen (secondary N) is 1. The fourth-order valence-corrected chi connectivity index (χ4v) is 7.64. The number of phenols is 1. The number of fused-ring (bicyclic) bond motifs is 4. The summed E-state index contributed by atoms with van der Waals surface area (Å²) < 4.78 is 77.2. The van der Waals surface area contributed by atoms with E-state index in [2.05, 4.69) is 5.32 Å². The smallest absolute Gasteiger partial charge is 0.258 e. The van der Waals surface area contributed by atoms with Gasteiger partial charge in [-0.2, -0.15) is 0 Å². The van der Waals surface area contributed by atoms with Crippen molar-refractivity contribution in [2.45, 2.75) is 28.5 Å². The van der Waals surface area contributed by atoms with Crippen LogP contribution in [0.25, 0.3) is 0 Å². The van der Waals surface area contributed by atoms with Crippen molar-refractivity contribution in [2.75, 3.05) is 12.0 Å². The minimum atomic E-state index is -2.72. The molecule has 2 aromatic carbocycles. The lowest BCUT2D eigenvalue weighted by molar-refractivity contribution is -0.127. The number of phenolic OH excluding ortho intramolecular Hbond substituents is 1. The Morgan fingerprint density at radius 1 is 0.929 bits per heavy atom. The van der Waals surface area contributed by atoms with Gasteiger partial charge in [0.15, 0.2) is 33.0 Å². The van der Waals surface area contributed by atoms with Gasteiger partial charge in [0.2, 0.25) is 17.6 Å². The molecule has 2 aliphatic heterocycles. The molecule has 15 heteroatoms. The van der Waals surface area contributed by atoms with Crippen LogP contribution < -0.4 is 15.0 Å². The number of halogens is 7. The molecule has 42 heavy (non-hydrogen) atoms. The first-order valence-electron chi connectivity index (χ1n) is 12.4. The van der Waals surface area contributed by atoms with Crippen molar-refractivity contribution in [3.63, 3.8) is 0 Å². The molecular formula is C27H17Cl2F5N2O6. The lowest BCUT2D eigenvalue weighted by Gasteiger charge is -2.50. The van der Waals surface area contributed by atoms with Gasteiger partial charge in [-0.1, -0.05) is 17.7 Å². The average molecular weight is 631 g/mol. The SMILES string of the molecule is COc1ccc(C2C3=CCC4C(=O)NC(=O)C4C3CC3(Cl)C(=O)N(c4c(F)c(F)c(F)c(F)c4F)C(=O)C23Cl)c(O)c1. The molecule has 0 spiro atoms. The van der Waals surface area contributed by atoms with Crippen molar-refractivity contribution in [1.82, 2.24) is 5.32 Å². The molecule has 3 fully saturated rings. The summed E-state index contributed by atoms with van der Waals surface area (Å²) in [4.78, 5) is 47.7. The van der Waals surface area contributed by atoms with Crippen LogP contribution in [0.4, 0.5) is 27.6 Å². The number of anilines is 1. The predicted octanol–water partition coefficient (Wildman–Crippen LogP) is 3.95. The van der Waals surface area contributed by atoms with Crippen molar-refractivity contribution in [2.24, 2.45) is 17.8 Å². The Balaban J connectivity index is 1.62. The second kappa shape index (κ2) is 9.14. The van der Waals surface area contributed by atoms with Crippen molar-refractivity contribution in [3.8, 4) is 11.5 Å². The van der Waals surface area contributed by atoms with Gasteiger partial charge in [-0.3, -0.25) is 24.5 Å². The number of methoxy groups -OCH3 is 1. The van der Waals surface area contributed by atoms with Gasteiger partial charge in [0.25, 0.3) is 11.8 Å². The van der Waals surface area contributed by atoms with Gasteiger partial charge in [0, 0.05) is 17.5 Å². The monoisotopic (exact) mass is 630 g/mol. The number of imide groups is 2. The predicted molar refractivity (Wildman–Crippen MR) is 134 cm³/mol. The second-order valence-electron chi connectivity index (χ2n) is 10.5.